The van der Waals surface area contributed by atoms with Crippen molar-refractivity contribution in [2.24, 2.45) is 0 Å². The van der Waals surface area contributed by atoms with Gasteiger partial charge in [0.05, 0.1) is 11.9 Å². The van der Waals surface area contributed by atoms with Crippen LogP contribution in [0.4, 0.5) is 10.1 Å². The van der Waals surface area contributed by atoms with Crippen molar-refractivity contribution >= 4 is 5.69 Å². The van der Waals surface area contributed by atoms with Gasteiger partial charge in [-0.1, -0.05) is 0 Å². The second-order valence-corrected chi connectivity index (χ2v) is 3.42. The molecule has 1 heterocycles. The van der Waals surface area contributed by atoms with Gasteiger partial charge in [0.1, 0.15) is 17.3 Å². The van der Waals surface area contributed by atoms with Gasteiger partial charge < -0.3 is 10.5 Å². The van der Waals surface area contributed by atoms with Crippen molar-refractivity contribution in [2.75, 3.05) is 5.73 Å². The van der Waals surface area contributed by atoms with E-state index in [9.17, 15) is 4.39 Å². The first-order valence-corrected chi connectivity index (χ1v) is 4.81. The Morgan fingerprint density at radius 3 is 2.56 bits per heavy atom. The average Bonchev–Trinajstić information content (AvgIpc) is 2.27. The highest BCUT2D eigenvalue weighted by molar-refractivity contribution is 5.46. The number of aryl methyl sites for hydroxylation is 1. The number of halogens is 1. The van der Waals surface area contributed by atoms with Crippen LogP contribution in [0, 0.1) is 12.7 Å². The van der Waals surface area contributed by atoms with Crippen LogP contribution in [0.5, 0.6) is 11.5 Å². The molecule has 0 bridgehead atoms. The second-order valence-electron chi connectivity index (χ2n) is 3.42. The second kappa shape index (κ2) is 4.18. The van der Waals surface area contributed by atoms with E-state index in [1.54, 1.807) is 12.3 Å². The van der Waals surface area contributed by atoms with Crippen LogP contribution in [0.15, 0.2) is 36.5 Å². The lowest BCUT2D eigenvalue weighted by Gasteiger charge is -2.06. The molecular formula is C12H11FN2O. The lowest BCUT2D eigenvalue weighted by atomic mass is 10.3. The van der Waals surface area contributed by atoms with E-state index in [1.807, 2.05) is 13.0 Å². The maximum Gasteiger partial charge on any atom is 0.146 e. The summed E-state index contributed by atoms with van der Waals surface area (Å²) in [5, 5.41) is 0. The first-order chi connectivity index (χ1) is 7.65. The highest BCUT2D eigenvalue weighted by Crippen LogP contribution is 2.24. The molecule has 2 aromatic rings. The van der Waals surface area contributed by atoms with Crippen LogP contribution in [0.2, 0.25) is 0 Å². The molecule has 2 rings (SSSR count). The Labute approximate surface area is 92.7 Å². The van der Waals surface area contributed by atoms with E-state index >= 15 is 0 Å². The molecule has 0 unspecified atom stereocenters. The van der Waals surface area contributed by atoms with Gasteiger partial charge in [0.2, 0.25) is 0 Å². The third-order valence-electron chi connectivity index (χ3n) is 2.09. The molecule has 0 saturated heterocycles. The smallest absolute Gasteiger partial charge is 0.146 e. The van der Waals surface area contributed by atoms with Gasteiger partial charge in [0.15, 0.2) is 0 Å². The first-order valence-electron chi connectivity index (χ1n) is 4.81. The molecule has 82 valence electrons. The standard InChI is InChI=1S/C12H11FN2O/c1-8-2-3-10(7-15-8)16-9-4-5-11(13)12(14)6-9/h2-7H,14H2,1H3. The zero-order valence-electron chi connectivity index (χ0n) is 8.77. The number of ether oxygens (including phenoxy) is 1. The summed E-state index contributed by atoms with van der Waals surface area (Å²) in [6.07, 6.45) is 1.61. The summed E-state index contributed by atoms with van der Waals surface area (Å²) in [7, 11) is 0. The van der Waals surface area contributed by atoms with Crippen molar-refractivity contribution in [3.8, 4) is 11.5 Å². The van der Waals surface area contributed by atoms with Crippen molar-refractivity contribution < 1.29 is 9.13 Å². The molecule has 3 nitrogen and oxygen atoms in total. The predicted octanol–water partition coefficient (Wildman–Crippen LogP) is 2.90. The first kappa shape index (κ1) is 10.4. The van der Waals surface area contributed by atoms with E-state index in [0.29, 0.717) is 11.5 Å². The molecule has 0 fully saturated rings. The lowest BCUT2D eigenvalue weighted by Crippen LogP contribution is -1.92. The average molecular weight is 218 g/mol. The number of anilines is 1. The zero-order chi connectivity index (χ0) is 11.5. The fourth-order valence-electron chi connectivity index (χ4n) is 1.24. The van der Waals surface area contributed by atoms with E-state index in [1.165, 1.54) is 18.2 Å². The van der Waals surface area contributed by atoms with E-state index < -0.39 is 5.82 Å². The summed E-state index contributed by atoms with van der Waals surface area (Å²) in [4.78, 5) is 4.08. The van der Waals surface area contributed by atoms with E-state index in [2.05, 4.69) is 4.98 Å². The summed E-state index contributed by atoms with van der Waals surface area (Å²) in [5.41, 5.74) is 6.40. The summed E-state index contributed by atoms with van der Waals surface area (Å²) >= 11 is 0. The highest BCUT2D eigenvalue weighted by Gasteiger charge is 2.02. The Kier molecular flexibility index (Phi) is 2.72. The Morgan fingerprint density at radius 1 is 1.19 bits per heavy atom. The van der Waals surface area contributed by atoms with Gasteiger partial charge in [-0.05, 0) is 31.2 Å². The number of nitrogens with zero attached hydrogens (tertiary/aromatic N) is 1. The number of hydrogen-bond donors (Lipinski definition) is 1. The van der Waals surface area contributed by atoms with Gasteiger partial charge in [-0.25, -0.2) is 4.39 Å². The Morgan fingerprint density at radius 2 is 1.94 bits per heavy atom. The molecule has 0 spiro atoms. The lowest BCUT2D eigenvalue weighted by molar-refractivity contribution is 0.478. The third kappa shape index (κ3) is 2.28. The number of hydrogen-bond acceptors (Lipinski definition) is 3. The number of pyridine rings is 1. The normalized spacial score (nSPS) is 10.1. The summed E-state index contributed by atoms with van der Waals surface area (Å²) in [6, 6.07) is 7.86. The topological polar surface area (TPSA) is 48.1 Å². The molecule has 0 amide bonds. The molecule has 1 aromatic carbocycles. The van der Waals surface area contributed by atoms with Crippen molar-refractivity contribution in [3.63, 3.8) is 0 Å². The van der Waals surface area contributed by atoms with Gasteiger partial charge in [-0.15, -0.1) is 0 Å². The van der Waals surface area contributed by atoms with Crippen LogP contribution in [0.1, 0.15) is 5.69 Å². The number of nitrogen functional groups attached to an aromatic ring is 1. The number of nitrogens with two attached hydrogens (primary N) is 1. The molecule has 4 heteroatoms. The van der Waals surface area contributed by atoms with Crippen molar-refractivity contribution in [3.05, 3.63) is 48.0 Å². The largest absolute Gasteiger partial charge is 0.456 e. The minimum atomic E-state index is -0.450. The summed E-state index contributed by atoms with van der Waals surface area (Å²) in [6.45, 7) is 1.89. The highest BCUT2D eigenvalue weighted by atomic mass is 19.1. The zero-order valence-corrected chi connectivity index (χ0v) is 8.77. The Hall–Kier alpha value is -2.10. The van der Waals surface area contributed by atoms with E-state index in [0.717, 1.165) is 5.69 Å². The monoisotopic (exact) mass is 218 g/mol. The molecule has 0 radical (unpaired) electrons. The Bertz CT molecular complexity index is 497. The van der Waals surface area contributed by atoms with Gasteiger partial charge in [0, 0.05) is 11.8 Å². The van der Waals surface area contributed by atoms with Crippen LogP contribution in [-0.2, 0) is 0 Å². The van der Waals surface area contributed by atoms with Crippen LogP contribution >= 0.6 is 0 Å². The predicted molar refractivity (Wildman–Crippen MR) is 59.9 cm³/mol. The number of aromatic nitrogens is 1. The fourth-order valence-corrected chi connectivity index (χ4v) is 1.24. The van der Waals surface area contributed by atoms with Crippen LogP contribution in [0.25, 0.3) is 0 Å². The molecule has 16 heavy (non-hydrogen) atoms. The van der Waals surface area contributed by atoms with E-state index in [4.69, 9.17) is 10.5 Å². The molecule has 0 saturated carbocycles. The molecule has 0 aliphatic rings. The van der Waals surface area contributed by atoms with Crippen LogP contribution in [0.3, 0.4) is 0 Å². The minimum Gasteiger partial charge on any atom is -0.456 e. The third-order valence-corrected chi connectivity index (χ3v) is 2.09. The van der Waals surface area contributed by atoms with Gasteiger partial charge in [-0.2, -0.15) is 0 Å². The maximum atomic E-state index is 12.9. The van der Waals surface area contributed by atoms with Crippen molar-refractivity contribution in [2.45, 2.75) is 6.92 Å². The minimum absolute atomic E-state index is 0.0672. The van der Waals surface area contributed by atoms with Crippen LogP contribution < -0.4 is 10.5 Å². The maximum absolute atomic E-state index is 12.9. The van der Waals surface area contributed by atoms with Crippen molar-refractivity contribution in [1.29, 1.82) is 0 Å². The molecular weight excluding hydrogens is 207 g/mol. The molecule has 0 atom stereocenters. The Balaban J connectivity index is 2.20. The number of benzene rings is 1. The number of rotatable bonds is 2. The summed E-state index contributed by atoms with van der Waals surface area (Å²) in [5.74, 6) is 0.635. The molecule has 0 aliphatic heterocycles. The fraction of sp³-hybridized carbons (Fsp3) is 0.0833. The summed E-state index contributed by atoms with van der Waals surface area (Å²) < 4.78 is 18.4. The van der Waals surface area contributed by atoms with Crippen molar-refractivity contribution in [1.82, 2.24) is 4.98 Å². The molecule has 1 aromatic heterocycles. The molecule has 0 aliphatic carbocycles. The van der Waals surface area contributed by atoms with E-state index in [-0.39, 0.29) is 5.69 Å². The quantitative estimate of drug-likeness (QED) is 0.788. The SMILES string of the molecule is Cc1ccc(Oc2ccc(F)c(N)c2)cn1. The van der Waals surface area contributed by atoms with Gasteiger partial charge in [-0.3, -0.25) is 4.98 Å². The van der Waals surface area contributed by atoms with Gasteiger partial charge in [0.25, 0.3) is 0 Å². The molecule has 2 N–H and O–H groups in total. The van der Waals surface area contributed by atoms with Gasteiger partial charge >= 0.3 is 0 Å². The van der Waals surface area contributed by atoms with Crippen LogP contribution in [-0.4, -0.2) is 4.98 Å².